The van der Waals surface area contributed by atoms with Crippen LogP contribution in [0.25, 0.3) is 22.3 Å². The van der Waals surface area contributed by atoms with Gasteiger partial charge in [0.2, 0.25) is 0 Å². The molecule has 0 N–H and O–H groups in total. The third-order valence-corrected chi connectivity index (χ3v) is 8.54. The number of rotatable bonds is 10. The zero-order valence-electron chi connectivity index (χ0n) is 24.3. The molecule has 1 nitrogen and oxygen atoms in total. The lowest BCUT2D eigenvalue weighted by Gasteiger charge is -2.29. The Hall–Kier alpha value is -3.81. The average molecular weight is 615 g/mol. The van der Waals surface area contributed by atoms with Crippen LogP contribution in [0.5, 0.6) is 5.75 Å². The highest BCUT2D eigenvalue weighted by Crippen LogP contribution is 2.39. The molecule has 0 unspecified atom stereocenters. The fourth-order valence-corrected chi connectivity index (χ4v) is 6.06. The molecule has 0 atom stereocenters. The van der Waals surface area contributed by atoms with Crippen LogP contribution in [0.2, 0.25) is 0 Å². The highest BCUT2D eigenvalue weighted by molar-refractivity contribution is 5.71. The Morgan fingerprint density at radius 1 is 0.659 bits per heavy atom. The lowest BCUT2D eigenvalue weighted by atomic mass is 9.77. The topological polar surface area (TPSA) is 9.23 Å². The normalized spacial score (nSPS) is 17.1. The van der Waals surface area contributed by atoms with E-state index in [4.69, 9.17) is 0 Å². The molecule has 0 saturated heterocycles. The van der Waals surface area contributed by atoms with E-state index in [1.54, 1.807) is 6.07 Å². The van der Waals surface area contributed by atoms with Crippen LogP contribution in [0.3, 0.4) is 0 Å². The SMILES string of the molecule is CCCCCC1CCC(c2ccc(-c3ccc(-c4ccc(C(F)(F)Oc5cc(F)c(F)c(F)c5)c(F)c4)c(F)c3)cc2)CC1. The molecule has 1 saturated carbocycles. The second-order valence-corrected chi connectivity index (χ2v) is 11.5. The van der Waals surface area contributed by atoms with Gasteiger partial charge in [0.15, 0.2) is 17.5 Å². The molecule has 1 fully saturated rings. The largest absolute Gasteiger partial charge is 0.429 e. The van der Waals surface area contributed by atoms with Gasteiger partial charge in [-0.05, 0) is 78.0 Å². The summed E-state index contributed by atoms with van der Waals surface area (Å²) in [5.74, 6) is -7.11. The summed E-state index contributed by atoms with van der Waals surface area (Å²) in [6, 6.07) is 15.5. The quantitative estimate of drug-likeness (QED) is 0.0981. The van der Waals surface area contributed by atoms with Crippen LogP contribution in [0.1, 0.15) is 75.3 Å². The molecule has 0 aromatic heterocycles. The van der Waals surface area contributed by atoms with E-state index in [0.717, 1.165) is 23.6 Å². The van der Waals surface area contributed by atoms with E-state index in [2.05, 4.69) is 23.8 Å². The Morgan fingerprint density at radius 3 is 1.89 bits per heavy atom. The van der Waals surface area contributed by atoms with Crippen LogP contribution in [0.4, 0.5) is 30.7 Å². The molecule has 0 amide bonds. The summed E-state index contributed by atoms with van der Waals surface area (Å²) in [4.78, 5) is 0. The zero-order valence-corrected chi connectivity index (χ0v) is 24.3. The Labute approximate surface area is 252 Å². The number of unbranched alkanes of at least 4 members (excludes halogenated alkanes) is 2. The van der Waals surface area contributed by atoms with Crippen molar-refractivity contribution in [1.29, 1.82) is 0 Å². The van der Waals surface area contributed by atoms with E-state index < -0.39 is 46.5 Å². The molecule has 5 rings (SSSR count). The van der Waals surface area contributed by atoms with Gasteiger partial charge in [0, 0.05) is 17.7 Å². The molecule has 1 aliphatic carbocycles. The van der Waals surface area contributed by atoms with Crippen molar-refractivity contribution >= 4 is 0 Å². The van der Waals surface area contributed by atoms with Gasteiger partial charge in [-0.3, -0.25) is 0 Å². The Kier molecular flexibility index (Phi) is 9.66. The monoisotopic (exact) mass is 614 g/mol. The molecule has 0 heterocycles. The Bertz CT molecular complexity index is 1570. The highest BCUT2D eigenvalue weighted by Gasteiger charge is 2.38. The van der Waals surface area contributed by atoms with E-state index in [0.29, 0.717) is 17.5 Å². The molecule has 44 heavy (non-hydrogen) atoms. The van der Waals surface area contributed by atoms with Gasteiger partial charge < -0.3 is 4.74 Å². The summed E-state index contributed by atoms with van der Waals surface area (Å²) < 4.78 is 104. The number of alkyl halides is 2. The van der Waals surface area contributed by atoms with Gasteiger partial charge in [-0.2, -0.15) is 8.78 Å². The van der Waals surface area contributed by atoms with Crippen molar-refractivity contribution in [3.05, 3.63) is 113 Å². The molecule has 0 spiro atoms. The standard InChI is InChI=1S/C36H33F7O/c1-2-3-4-5-22-6-8-23(9-7-22)24-10-12-25(13-11-24)26-14-16-29(31(37)18-26)27-15-17-30(32(38)19-27)36(42,43)44-28-20-33(39)35(41)34(40)21-28/h10-23H,2-9H2,1H3. The van der Waals surface area contributed by atoms with Gasteiger partial charge in [0.05, 0.1) is 5.56 Å². The van der Waals surface area contributed by atoms with Crippen LogP contribution in [0.15, 0.2) is 72.8 Å². The van der Waals surface area contributed by atoms with Crippen molar-refractivity contribution in [2.75, 3.05) is 0 Å². The molecule has 0 radical (unpaired) electrons. The summed E-state index contributed by atoms with van der Waals surface area (Å²) >= 11 is 0. The Morgan fingerprint density at radius 2 is 1.27 bits per heavy atom. The minimum atomic E-state index is -4.36. The van der Waals surface area contributed by atoms with Gasteiger partial charge in [-0.25, -0.2) is 22.0 Å². The first kappa shape index (κ1) is 31.6. The molecular formula is C36H33F7O. The predicted octanol–water partition coefficient (Wildman–Crippen LogP) is 11.7. The van der Waals surface area contributed by atoms with E-state index in [1.807, 2.05) is 12.1 Å². The lowest BCUT2D eigenvalue weighted by molar-refractivity contribution is -0.187. The zero-order chi connectivity index (χ0) is 31.4. The summed E-state index contributed by atoms with van der Waals surface area (Å²) in [5.41, 5.74) is 1.48. The minimum Gasteiger partial charge on any atom is -0.429 e. The summed E-state index contributed by atoms with van der Waals surface area (Å²) in [5, 5.41) is 0. The van der Waals surface area contributed by atoms with E-state index in [9.17, 15) is 26.3 Å². The minimum absolute atomic E-state index is 0.00146. The second kappa shape index (κ2) is 13.4. The summed E-state index contributed by atoms with van der Waals surface area (Å²) in [7, 11) is 0. The highest BCUT2D eigenvalue weighted by atomic mass is 19.3. The van der Waals surface area contributed by atoms with E-state index in [1.165, 1.54) is 69.1 Å². The molecule has 232 valence electrons. The Balaban J connectivity index is 1.26. The van der Waals surface area contributed by atoms with Gasteiger partial charge >= 0.3 is 6.11 Å². The van der Waals surface area contributed by atoms with Crippen molar-refractivity contribution in [1.82, 2.24) is 0 Å². The third-order valence-electron chi connectivity index (χ3n) is 8.54. The van der Waals surface area contributed by atoms with Crippen molar-refractivity contribution in [3.8, 4) is 28.0 Å². The van der Waals surface area contributed by atoms with Crippen molar-refractivity contribution in [2.24, 2.45) is 5.92 Å². The van der Waals surface area contributed by atoms with Gasteiger partial charge in [0.1, 0.15) is 17.4 Å². The molecule has 8 heteroatoms. The van der Waals surface area contributed by atoms with Gasteiger partial charge in [0.25, 0.3) is 0 Å². The molecule has 0 aliphatic heterocycles. The molecule has 4 aromatic rings. The fraction of sp³-hybridized carbons (Fsp3) is 0.333. The maximum Gasteiger partial charge on any atom is 0.429 e. The summed E-state index contributed by atoms with van der Waals surface area (Å²) in [6.45, 7) is 2.23. The maximum atomic E-state index is 15.2. The smallest absolute Gasteiger partial charge is 0.429 e. The first-order valence-corrected chi connectivity index (χ1v) is 15.0. The second-order valence-electron chi connectivity index (χ2n) is 11.5. The van der Waals surface area contributed by atoms with Crippen LogP contribution < -0.4 is 4.74 Å². The maximum absolute atomic E-state index is 15.2. The van der Waals surface area contributed by atoms with Crippen LogP contribution >= 0.6 is 0 Å². The van der Waals surface area contributed by atoms with E-state index >= 15 is 4.39 Å². The van der Waals surface area contributed by atoms with Gasteiger partial charge in [-0.1, -0.05) is 75.1 Å². The van der Waals surface area contributed by atoms with Crippen LogP contribution in [-0.2, 0) is 6.11 Å². The van der Waals surface area contributed by atoms with Crippen LogP contribution in [0, 0.1) is 35.0 Å². The van der Waals surface area contributed by atoms with Crippen LogP contribution in [-0.4, -0.2) is 0 Å². The van der Waals surface area contributed by atoms with Crippen molar-refractivity contribution in [3.63, 3.8) is 0 Å². The predicted molar refractivity (Wildman–Crippen MR) is 157 cm³/mol. The number of hydrogen-bond acceptors (Lipinski definition) is 1. The third kappa shape index (κ3) is 7.11. The number of ether oxygens (including phenoxy) is 1. The van der Waals surface area contributed by atoms with Crippen molar-refractivity contribution in [2.45, 2.75) is 70.3 Å². The first-order valence-electron chi connectivity index (χ1n) is 15.0. The molecule has 1 aliphatic rings. The van der Waals surface area contributed by atoms with Gasteiger partial charge in [-0.15, -0.1) is 0 Å². The van der Waals surface area contributed by atoms with E-state index in [-0.39, 0.29) is 23.3 Å². The van der Waals surface area contributed by atoms with Crippen molar-refractivity contribution < 1.29 is 35.5 Å². The lowest BCUT2D eigenvalue weighted by Crippen LogP contribution is -2.23. The number of benzene rings is 4. The first-order chi connectivity index (χ1) is 21.1. The summed E-state index contributed by atoms with van der Waals surface area (Å²) in [6.07, 6.45) is 5.68. The average Bonchev–Trinajstić information content (AvgIpc) is 3.00. The molecule has 4 aromatic carbocycles. The fourth-order valence-electron chi connectivity index (χ4n) is 6.06. The number of hydrogen-bond donors (Lipinski definition) is 0. The number of halogens is 7. The molecular weight excluding hydrogens is 581 g/mol. The molecule has 0 bridgehead atoms.